The van der Waals surface area contributed by atoms with Gasteiger partial charge in [-0.05, 0) is 43.5 Å². The summed E-state index contributed by atoms with van der Waals surface area (Å²) in [5.41, 5.74) is 1.20. The molecule has 2 aromatic rings. The molecule has 0 aliphatic carbocycles. The average Bonchev–Trinajstić information content (AvgIpc) is 2.81. The zero-order valence-electron chi connectivity index (χ0n) is 17.2. The summed E-state index contributed by atoms with van der Waals surface area (Å²) in [6.07, 6.45) is 2.82. The van der Waals surface area contributed by atoms with Crippen molar-refractivity contribution in [1.29, 1.82) is 0 Å². The highest BCUT2D eigenvalue weighted by atomic mass is 32.2. The summed E-state index contributed by atoms with van der Waals surface area (Å²) < 4.78 is 38.1. The van der Waals surface area contributed by atoms with Crippen LogP contribution in [0.4, 0.5) is 5.69 Å². The van der Waals surface area contributed by atoms with Gasteiger partial charge in [0, 0.05) is 29.9 Å². The third kappa shape index (κ3) is 6.91. The van der Waals surface area contributed by atoms with Crippen molar-refractivity contribution in [2.24, 2.45) is 0 Å². The van der Waals surface area contributed by atoms with Crippen molar-refractivity contribution in [2.45, 2.75) is 30.4 Å². The van der Waals surface area contributed by atoms with E-state index in [4.69, 9.17) is 9.47 Å². The Hall–Kier alpha value is -3.21. The quantitative estimate of drug-likeness (QED) is 0.409. The second-order valence-corrected chi connectivity index (χ2v) is 8.60. The molecule has 166 valence electrons. The number of nitrogens with zero attached hydrogens (tertiary/aromatic N) is 1. The maximum absolute atomic E-state index is 12.3. The van der Waals surface area contributed by atoms with Crippen LogP contribution in [-0.2, 0) is 19.5 Å². The van der Waals surface area contributed by atoms with Crippen LogP contribution in [0.15, 0.2) is 53.4 Å². The van der Waals surface area contributed by atoms with Crippen LogP contribution in [-0.4, -0.2) is 39.4 Å². The predicted molar refractivity (Wildman–Crippen MR) is 118 cm³/mol. The highest BCUT2D eigenvalue weighted by molar-refractivity contribution is 7.89. The largest absolute Gasteiger partial charge is 0.353 e. The van der Waals surface area contributed by atoms with Gasteiger partial charge in [-0.1, -0.05) is 35.8 Å². The summed E-state index contributed by atoms with van der Waals surface area (Å²) in [6.45, 7) is 0.842. The van der Waals surface area contributed by atoms with Crippen LogP contribution in [0.25, 0.3) is 0 Å². The van der Waals surface area contributed by atoms with E-state index in [0.717, 1.165) is 31.4 Å². The van der Waals surface area contributed by atoms with Crippen LogP contribution in [0.5, 0.6) is 0 Å². The van der Waals surface area contributed by atoms with E-state index in [1.165, 1.54) is 12.1 Å². The lowest BCUT2D eigenvalue weighted by Crippen LogP contribution is -2.24. The molecule has 32 heavy (non-hydrogen) atoms. The number of nitrogens with one attached hydrogen (secondary N) is 1. The number of hydrogen-bond donors (Lipinski definition) is 1. The Kier molecular flexibility index (Phi) is 8.37. The average molecular weight is 455 g/mol. The van der Waals surface area contributed by atoms with Gasteiger partial charge in [0.05, 0.1) is 16.4 Å². The molecule has 1 N–H and O–H groups in total. The van der Waals surface area contributed by atoms with Gasteiger partial charge in [-0.25, -0.2) is 8.42 Å². The van der Waals surface area contributed by atoms with Crippen molar-refractivity contribution in [3.8, 4) is 23.7 Å². The van der Waals surface area contributed by atoms with Crippen molar-refractivity contribution in [3.63, 3.8) is 0 Å². The van der Waals surface area contributed by atoms with Gasteiger partial charge in [-0.2, -0.15) is 4.72 Å². The lowest BCUT2D eigenvalue weighted by molar-refractivity contribution is -0.384. The van der Waals surface area contributed by atoms with Crippen molar-refractivity contribution in [1.82, 2.24) is 4.72 Å². The molecule has 0 spiro atoms. The molecule has 0 amide bonds. The Morgan fingerprint density at radius 1 is 1.06 bits per heavy atom. The molecule has 1 atom stereocenters. The lowest BCUT2D eigenvalue weighted by Gasteiger charge is -2.21. The summed E-state index contributed by atoms with van der Waals surface area (Å²) in [5.74, 6) is 11.7. The van der Waals surface area contributed by atoms with Crippen LogP contribution < -0.4 is 4.72 Å². The van der Waals surface area contributed by atoms with E-state index in [1.54, 1.807) is 6.07 Å². The molecular formula is C23H22N2O6S. The number of nitro benzene ring substituents is 1. The first-order valence-corrected chi connectivity index (χ1v) is 11.5. The van der Waals surface area contributed by atoms with Crippen LogP contribution in [0.2, 0.25) is 0 Å². The van der Waals surface area contributed by atoms with E-state index >= 15 is 0 Å². The molecule has 0 bridgehead atoms. The number of ether oxygens (including phenoxy) is 2. The molecule has 0 radical (unpaired) electrons. The molecule has 1 heterocycles. The van der Waals surface area contributed by atoms with Gasteiger partial charge in [0.1, 0.15) is 6.61 Å². The van der Waals surface area contributed by atoms with Crippen molar-refractivity contribution in [3.05, 3.63) is 69.8 Å². The second kappa shape index (κ2) is 11.4. The van der Waals surface area contributed by atoms with E-state index in [2.05, 4.69) is 28.4 Å². The normalized spacial score (nSPS) is 15.7. The van der Waals surface area contributed by atoms with Gasteiger partial charge < -0.3 is 9.47 Å². The molecule has 0 saturated carbocycles. The Morgan fingerprint density at radius 3 is 2.38 bits per heavy atom. The van der Waals surface area contributed by atoms with Gasteiger partial charge in [0.15, 0.2) is 6.29 Å². The van der Waals surface area contributed by atoms with E-state index < -0.39 is 14.9 Å². The summed E-state index contributed by atoms with van der Waals surface area (Å²) >= 11 is 0. The highest BCUT2D eigenvalue weighted by Gasteiger charge is 2.15. The number of nitro groups is 1. The van der Waals surface area contributed by atoms with E-state index in [-0.39, 0.29) is 30.0 Å². The van der Waals surface area contributed by atoms with Gasteiger partial charge in [0.2, 0.25) is 10.0 Å². The molecule has 1 fully saturated rings. The molecule has 3 rings (SSSR count). The van der Waals surface area contributed by atoms with Crippen molar-refractivity contribution < 1.29 is 22.8 Å². The standard InChI is InChI=1S/C23H22N2O6S/c26-25(27)21-12-14-22(15-13-21)32(28,29)24-16-5-9-19-7-1-2-8-20(19)10-6-18-31-23-11-3-4-17-30-23/h1-2,7-8,12-15,23-24H,3-4,11,16-18H2. The zero-order valence-corrected chi connectivity index (χ0v) is 18.1. The lowest BCUT2D eigenvalue weighted by atomic mass is 10.1. The maximum Gasteiger partial charge on any atom is 0.269 e. The molecule has 1 unspecified atom stereocenters. The first kappa shape index (κ1) is 23.5. The van der Waals surface area contributed by atoms with Crippen molar-refractivity contribution >= 4 is 15.7 Å². The Balaban J connectivity index is 1.57. The van der Waals surface area contributed by atoms with Crippen LogP contribution in [0.3, 0.4) is 0 Å². The number of sulfonamides is 1. The zero-order chi connectivity index (χ0) is 22.8. The van der Waals surface area contributed by atoms with Crippen LogP contribution in [0.1, 0.15) is 30.4 Å². The van der Waals surface area contributed by atoms with Crippen LogP contribution in [0, 0.1) is 33.8 Å². The topological polar surface area (TPSA) is 108 Å². The Morgan fingerprint density at radius 2 is 1.75 bits per heavy atom. The predicted octanol–water partition coefficient (Wildman–Crippen LogP) is 2.82. The second-order valence-electron chi connectivity index (χ2n) is 6.83. The molecule has 1 aliphatic rings. The van der Waals surface area contributed by atoms with Gasteiger partial charge in [0.25, 0.3) is 5.69 Å². The smallest absolute Gasteiger partial charge is 0.269 e. The van der Waals surface area contributed by atoms with E-state index in [9.17, 15) is 18.5 Å². The SMILES string of the molecule is O=[N+]([O-])c1ccc(S(=O)(=O)NCC#Cc2ccccc2C#CCOC2CCCCO2)cc1. The molecular weight excluding hydrogens is 432 g/mol. The minimum Gasteiger partial charge on any atom is -0.353 e. The maximum atomic E-state index is 12.3. The minimum atomic E-state index is -3.83. The molecule has 0 aromatic heterocycles. The Labute approximate surface area is 187 Å². The highest BCUT2D eigenvalue weighted by Crippen LogP contribution is 2.15. The number of non-ortho nitro benzene ring substituents is 1. The minimum absolute atomic E-state index is 0.0712. The summed E-state index contributed by atoms with van der Waals surface area (Å²) in [4.78, 5) is 10.0. The molecule has 1 saturated heterocycles. The first-order valence-electron chi connectivity index (χ1n) is 10.00. The van der Waals surface area contributed by atoms with Gasteiger partial charge in [-0.15, -0.1) is 0 Å². The summed E-state index contributed by atoms with van der Waals surface area (Å²) in [6, 6.07) is 11.9. The fraction of sp³-hybridized carbons (Fsp3) is 0.304. The molecule has 8 nitrogen and oxygen atoms in total. The van der Waals surface area contributed by atoms with Crippen molar-refractivity contribution in [2.75, 3.05) is 19.8 Å². The van der Waals surface area contributed by atoms with Gasteiger partial charge >= 0.3 is 0 Å². The number of benzene rings is 2. The number of rotatable bonds is 6. The first-order chi connectivity index (χ1) is 15.5. The fourth-order valence-corrected chi connectivity index (χ4v) is 3.83. The summed E-state index contributed by atoms with van der Waals surface area (Å²) in [5, 5.41) is 10.7. The Bertz CT molecular complexity index is 1160. The molecule has 9 heteroatoms. The van der Waals surface area contributed by atoms with Crippen LogP contribution >= 0.6 is 0 Å². The third-order valence-corrected chi connectivity index (χ3v) is 5.98. The molecule has 1 aliphatic heterocycles. The third-order valence-electron chi connectivity index (χ3n) is 4.56. The van der Waals surface area contributed by atoms with E-state index in [0.29, 0.717) is 17.7 Å². The summed E-state index contributed by atoms with van der Waals surface area (Å²) in [7, 11) is -3.83. The monoisotopic (exact) mass is 454 g/mol. The fourth-order valence-electron chi connectivity index (χ4n) is 2.91. The molecule has 2 aromatic carbocycles. The van der Waals surface area contributed by atoms with Gasteiger partial charge in [-0.3, -0.25) is 10.1 Å². The van der Waals surface area contributed by atoms with E-state index in [1.807, 2.05) is 18.2 Å². The number of hydrogen-bond acceptors (Lipinski definition) is 6.